The Hall–Kier alpha value is -1.88. The van der Waals surface area contributed by atoms with E-state index < -0.39 is 0 Å². The molecule has 2 rings (SSSR count). The van der Waals surface area contributed by atoms with Gasteiger partial charge in [-0.15, -0.1) is 0 Å². The second kappa shape index (κ2) is 5.84. The van der Waals surface area contributed by atoms with E-state index in [1.807, 2.05) is 37.5 Å². The number of benzene rings is 1. The van der Waals surface area contributed by atoms with Crippen LogP contribution in [-0.2, 0) is 6.54 Å². The molecule has 0 bridgehead atoms. The van der Waals surface area contributed by atoms with E-state index in [0.717, 1.165) is 23.6 Å². The largest absolute Gasteiger partial charge is 0.492 e. The van der Waals surface area contributed by atoms with Crippen LogP contribution in [0.15, 0.2) is 30.6 Å². The Morgan fingerprint density at radius 2 is 2.00 bits per heavy atom. The molecule has 4 nitrogen and oxygen atoms in total. The van der Waals surface area contributed by atoms with Crippen LogP contribution in [0.1, 0.15) is 17.0 Å². The summed E-state index contributed by atoms with van der Waals surface area (Å²) in [4.78, 5) is 4.65. The molecule has 0 aliphatic rings. The first-order valence-corrected chi connectivity index (χ1v) is 6.50. The van der Waals surface area contributed by atoms with E-state index in [1.165, 1.54) is 5.69 Å². The summed E-state index contributed by atoms with van der Waals surface area (Å²) < 4.78 is 7.76. The standard InChI is InChI=1S/C14H17N3OS/c1-10-11(2)17(9-16-10)7-8-18-13-5-3-12(4-6-13)14(15)19/h3-6,9H,7-8H2,1-2H3,(H2,15,19). The summed E-state index contributed by atoms with van der Waals surface area (Å²) in [6.07, 6.45) is 1.84. The fourth-order valence-corrected chi connectivity index (χ4v) is 1.88. The van der Waals surface area contributed by atoms with Crippen molar-refractivity contribution in [2.24, 2.45) is 5.73 Å². The zero-order chi connectivity index (χ0) is 13.8. The Labute approximate surface area is 118 Å². The van der Waals surface area contributed by atoms with Crippen molar-refractivity contribution in [3.05, 3.63) is 47.5 Å². The van der Waals surface area contributed by atoms with E-state index in [4.69, 9.17) is 22.7 Å². The molecule has 1 aromatic carbocycles. The highest BCUT2D eigenvalue weighted by Gasteiger charge is 2.02. The van der Waals surface area contributed by atoms with Crippen LogP contribution in [0.25, 0.3) is 0 Å². The molecule has 0 aliphatic carbocycles. The first-order valence-electron chi connectivity index (χ1n) is 6.09. The Morgan fingerprint density at radius 3 is 2.53 bits per heavy atom. The number of nitrogens with zero attached hydrogens (tertiary/aromatic N) is 2. The Morgan fingerprint density at radius 1 is 1.32 bits per heavy atom. The van der Waals surface area contributed by atoms with Gasteiger partial charge in [-0.3, -0.25) is 0 Å². The summed E-state index contributed by atoms with van der Waals surface area (Å²) in [7, 11) is 0. The van der Waals surface area contributed by atoms with Crippen molar-refractivity contribution in [3.8, 4) is 5.75 Å². The van der Waals surface area contributed by atoms with Gasteiger partial charge >= 0.3 is 0 Å². The Bertz CT molecular complexity index is 575. The molecule has 5 heteroatoms. The molecule has 0 radical (unpaired) electrons. The molecule has 0 saturated carbocycles. The monoisotopic (exact) mass is 275 g/mol. The van der Waals surface area contributed by atoms with E-state index in [2.05, 4.69) is 16.5 Å². The predicted octanol–water partition coefficient (Wildman–Crippen LogP) is 2.21. The van der Waals surface area contributed by atoms with Crippen LogP contribution in [0.4, 0.5) is 0 Å². The molecule has 0 unspecified atom stereocenters. The Kier molecular flexibility index (Phi) is 4.16. The molecular formula is C14H17N3OS. The fourth-order valence-electron chi connectivity index (χ4n) is 1.75. The molecular weight excluding hydrogens is 258 g/mol. The van der Waals surface area contributed by atoms with E-state index in [9.17, 15) is 0 Å². The topological polar surface area (TPSA) is 53.1 Å². The molecule has 1 heterocycles. The summed E-state index contributed by atoms with van der Waals surface area (Å²) in [5, 5.41) is 0. The molecule has 0 spiro atoms. The molecule has 0 amide bonds. The first-order chi connectivity index (χ1) is 9.08. The number of ether oxygens (including phenoxy) is 1. The van der Waals surface area contributed by atoms with Crippen LogP contribution >= 0.6 is 12.2 Å². The van der Waals surface area contributed by atoms with Gasteiger partial charge in [-0.2, -0.15) is 0 Å². The molecule has 0 fully saturated rings. The van der Waals surface area contributed by atoms with Crippen molar-refractivity contribution < 1.29 is 4.74 Å². The lowest BCUT2D eigenvalue weighted by molar-refractivity contribution is 0.297. The number of hydrogen-bond acceptors (Lipinski definition) is 3. The minimum atomic E-state index is 0.399. The van der Waals surface area contributed by atoms with Gasteiger partial charge in [0, 0.05) is 11.3 Å². The van der Waals surface area contributed by atoms with Crippen LogP contribution in [-0.4, -0.2) is 21.1 Å². The maximum Gasteiger partial charge on any atom is 0.119 e. The second-order valence-electron chi connectivity index (χ2n) is 4.35. The predicted molar refractivity (Wildman–Crippen MR) is 79.5 cm³/mol. The van der Waals surface area contributed by atoms with Crippen LogP contribution in [0, 0.1) is 13.8 Å². The molecule has 1 aromatic heterocycles. The number of aromatic nitrogens is 2. The lowest BCUT2D eigenvalue weighted by Gasteiger charge is -2.08. The number of rotatable bonds is 5. The van der Waals surface area contributed by atoms with Crippen molar-refractivity contribution in [2.75, 3.05) is 6.61 Å². The zero-order valence-corrected chi connectivity index (χ0v) is 11.9. The minimum absolute atomic E-state index is 0.399. The maximum absolute atomic E-state index is 5.68. The lowest BCUT2D eigenvalue weighted by atomic mass is 10.2. The van der Waals surface area contributed by atoms with Gasteiger partial charge in [0.1, 0.15) is 17.3 Å². The number of hydrogen-bond donors (Lipinski definition) is 1. The van der Waals surface area contributed by atoms with Crippen molar-refractivity contribution in [1.82, 2.24) is 9.55 Å². The summed E-state index contributed by atoms with van der Waals surface area (Å²) >= 11 is 4.90. The number of nitrogens with two attached hydrogens (primary N) is 1. The van der Waals surface area contributed by atoms with E-state index in [0.29, 0.717) is 11.6 Å². The van der Waals surface area contributed by atoms with Gasteiger partial charge in [0.2, 0.25) is 0 Å². The molecule has 2 N–H and O–H groups in total. The maximum atomic E-state index is 5.68. The van der Waals surface area contributed by atoms with Gasteiger partial charge in [0.15, 0.2) is 0 Å². The third kappa shape index (κ3) is 3.32. The average molecular weight is 275 g/mol. The molecule has 100 valence electrons. The van der Waals surface area contributed by atoms with Crippen molar-refractivity contribution >= 4 is 17.2 Å². The van der Waals surface area contributed by atoms with Crippen molar-refractivity contribution in [1.29, 1.82) is 0 Å². The highest BCUT2D eigenvalue weighted by Crippen LogP contribution is 2.12. The van der Waals surface area contributed by atoms with Crippen LogP contribution in [0.2, 0.25) is 0 Å². The van der Waals surface area contributed by atoms with Gasteiger partial charge in [0.05, 0.1) is 18.6 Å². The van der Waals surface area contributed by atoms with E-state index in [-0.39, 0.29) is 0 Å². The van der Waals surface area contributed by atoms with Crippen LogP contribution in [0.3, 0.4) is 0 Å². The molecule has 0 saturated heterocycles. The van der Waals surface area contributed by atoms with Crippen molar-refractivity contribution in [2.45, 2.75) is 20.4 Å². The summed E-state index contributed by atoms with van der Waals surface area (Å²) in [6.45, 7) is 5.44. The van der Waals surface area contributed by atoms with Crippen molar-refractivity contribution in [3.63, 3.8) is 0 Å². The van der Waals surface area contributed by atoms with Gasteiger partial charge < -0.3 is 15.0 Å². The van der Waals surface area contributed by atoms with E-state index >= 15 is 0 Å². The quantitative estimate of drug-likeness (QED) is 0.850. The highest BCUT2D eigenvalue weighted by atomic mass is 32.1. The molecule has 0 atom stereocenters. The minimum Gasteiger partial charge on any atom is -0.492 e. The van der Waals surface area contributed by atoms with Crippen LogP contribution < -0.4 is 10.5 Å². The smallest absolute Gasteiger partial charge is 0.119 e. The normalized spacial score (nSPS) is 10.4. The Balaban J connectivity index is 1.89. The van der Waals surface area contributed by atoms with Gasteiger partial charge in [0.25, 0.3) is 0 Å². The lowest BCUT2D eigenvalue weighted by Crippen LogP contribution is -2.10. The van der Waals surface area contributed by atoms with Gasteiger partial charge in [-0.05, 0) is 38.1 Å². The summed E-state index contributed by atoms with van der Waals surface area (Å²) in [5.74, 6) is 0.814. The molecule has 0 aliphatic heterocycles. The average Bonchev–Trinajstić information content (AvgIpc) is 2.71. The van der Waals surface area contributed by atoms with Crippen LogP contribution in [0.5, 0.6) is 5.75 Å². The first kappa shape index (κ1) is 13.5. The third-order valence-corrected chi connectivity index (χ3v) is 3.32. The van der Waals surface area contributed by atoms with E-state index in [1.54, 1.807) is 0 Å². The molecule has 2 aromatic rings. The summed E-state index contributed by atoms with van der Waals surface area (Å²) in [5.41, 5.74) is 8.62. The third-order valence-electron chi connectivity index (χ3n) is 3.08. The van der Waals surface area contributed by atoms with Gasteiger partial charge in [-0.25, -0.2) is 4.98 Å². The van der Waals surface area contributed by atoms with Gasteiger partial charge in [-0.1, -0.05) is 12.2 Å². The summed E-state index contributed by atoms with van der Waals surface area (Å²) in [6, 6.07) is 7.48. The highest BCUT2D eigenvalue weighted by molar-refractivity contribution is 7.80. The number of imidazole rings is 1. The number of aryl methyl sites for hydroxylation is 1. The zero-order valence-electron chi connectivity index (χ0n) is 11.1. The fraction of sp³-hybridized carbons (Fsp3) is 0.286. The SMILES string of the molecule is Cc1ncn(CCOc2ccc(C(N)=S)cc2)c1C. The molecule has 19 heavy (non-hydrogen) atoms. The second-order valence-corrected chi connectivity index (χ2v) is 4.79. The number of thiocarbonyl (C=S) groups is 1.